The van der Waals surface area contributed by atoms with Gasteiger partial charge in [0.05, 0.1) is 16.1 Å². The van der Waals surface area contributed by atoms with Crippen LogP contribution in [-0.2, 0) is 9.53 Å². The highest BCUT2D eigenvalue weighted by molar-refractivity contribution is 6.41. The van der Waals surface area contributed by atoms with Crippen LogP contribution in [0, 0.1) is 11.8 Å². The van der Waals surface area contributed by atoms with Gasteiger partial charge in [-0.05, 0) is 30.4 Å². The number of fused-ring (bicyclic) bond motifs is 2. The third-order valence-electron chi connectivity index (χ3n) is 5.80. The third kappa shape index (κ3) is 3.88. The number of ketones is 2. The molecule has 7 heteroatoms. The quantitative estimate of drug-likeness (QED) is 0.580. The van der Waals surface area contributed by atoms with Gasteiger partial charge in [0.25, 0.3) is 5.91 Å². The van der Waals surface area contributed by atoms with Crippen LogP contribution in [0.15, 0.2) is 36.4 Å². The van der Waals surface area contributed by atoms with Crippen molar-refractivity contribution in [2.24, 2.45) is 11.8 Å². The first-order valence-corrected chi connectivity index (χ1v) is 10.6. The molecule has 0 spiro atoms. The van der Waals surface area contributed by atoms with Crippen LogP contribution in [0.5, 0.6) is 0 Å². The summed E-state index contributed by atoms with van der Waals surface area (Å²) in [7, 11) is 0. The Labute approximate surface area is 185 Å². The Balaban J connectivity index is 1.53. The van der Waals surface area contributed by atoms with E-state index in [0.29, 0.717) is 30.5 Å². The van der Waals surface area contributed by atoms with Gasteiger partial charge >= 0.3 is 5.97 Å². The highest BCUT2D eigenvalue weighted by Gasteiger charge is 2.33. The van der Waals surface area contributed by atoms with Crippen molar-refractivity contribution in [1.29, 1.82) is 0 Å². The van der Waals surface area contributed by atoms with Crippen LogP contribution in [0.2, 0.25) is 5.02 Å². The number of carbonyl (C=O) groups excluding carboxylic acids is 4. The molecule has 2 aromatic carbocycles. The Hall–Kier alpha value is -2.99. The van der Waals surface area contributed by atoms with Crippen LogP contribution < -0.4 is 0 Å². The molecule has 1 aliphatic heterocycles. The highest BCUT2D eigenvalue weighted by atomic mass is 35.5. The van der Waals surface area contributed by atoms with Gasteiger partial charge in [-0.1, -0.05) is 49.7 Å². The number of hydrogen-bond donors (Lipinski definition) is 0. The molecule has 2 aromatic rings. The summed E-state index contributed by atoms with van der Waals surface area (Å²) in [5, 5.41) is -0.136. The first kappa shape index (κ1) is 21.2. The number of hydrogen-bond acceptors (Lipinski definition) is 5. The van der Waals surface area contributed by atoms with Crippen molar-refractivity contribution < 1.29 is 23.9 Å². The largest absolute Gasteiger partial charge is 0.452 e. The van der Waals surface area contributed by atoms with Crippen molar-refractivity contribution in [3.63, 3.8) is 0 Å². The van der Waals surface area contributed by atoms with Crippen molar-refractivity contribution in [1.82, 2.24) is 4.90 Å². The average molecular weight is 440 g/mol. The van der Waals surface area contributed by atoms with E-state index in [9.17, 15) is 19.2 Å². The lowest BCUT2D eigenvalue weighted by molar-refractivity contribution is -0.137. The van der Waals surface area contributed by atoms with E-state index in [1.165, 1.54) is 12.1 Å². The second kappa shape index (κ2) is 8.27. The SMILES string of the molecule is CC1CC(C)CN(C(=O)COC(=O)c2ccc3c(c2Cl)C(=O)c2ccccc2C3=O)C1. The zero-order valence-corrected chi connectivity index (χ0v) is 18.1. The van der Waals surface area contributed by atoms with Crippen molar-refractivity contribution in [3.8, 4) is 0 Å². The van der Waals surface area contributed by atoms with Gasteiger partial charge in [-0.15, -0.1) is 0 Å². The Bertz CT molecular complexity index is 1100. The molecule has 2 unspecified atom stereocenters. The van der Waals surface area contributed by atoms with Gasteiger partial charge in [0, 0.05) is 29.8 Å². The maximum atomic E-state index is 12.9. The van der Waals surface area contributed by atoms with E-state index < -0.39 is 18.4 Å². The number of amides is 1. The molecule has 1 amide bonds. The minimum absolute atomic E-state index is 0.00942. The van der Waals surface area contributed by atoms with Crippen LogP contribution in [0.1, 0.15) is 62.5 Å². The molecule has 1 aliphatic carbocycles. The fourth-order valence-corrected chi connectivity index (χ4v) is 4.79. The summed E-state index contributed by atoms with van der Waals surface area (Å²) in [6, 6.07) is 9.25. The van der Waals surface area contributed by atoms with Crippen molar-refractivity contribution in [2.45, 2.75) is 20.3 Å². The Morgan fingerprint density at radius 2 is 1.58 bits per heavy atom. The molecule has 0 saturated carbocycles. The number of rotatable bonds is 3. The lowest BCUT2D eigenvalue weighted by atomic mass is 9.83. The van der Waals surface area contributed by atoms with E-state index in [-0.39, 0.29) is 39.0 Å². The monoisotopic (exact) mass is 439 g/mol. The first-order valence-electron chi connectivity index (χ1n) is 10.2. The predicted molar refractivity (Wildman–Crippen MR) is 115 cm³/mol. The maximum Gasteiger partial charge on any atom is 0.340 e. The molecular weight excluding hydrogens is 418 g/mol. The topological polar surface area (TPSA) is 80.8 Å². The molecule has 0 aromatic heterocycles. The molecule has 160 valence electrons. The summed E-state index contributed by atoms with van der Waals surface area (Å²) < 4.78 is 5.21. The molecule has 1 fully saturated rings. The van der Waals surface area contributed by atoms with Crippen molar-refractivity contribution in [3.05, 3.63) is 69.2 Å². The van der Waals surface area contributed by atoms with Gasteiger partial charge in [-0.2, -0.15) is 0 Å². The summed E-state index contributed by atoms with van der Waals surface area (Å²) in [5.41, 5.74) is 0.648. The van der Waals surface area contributed by atoms with Gasteiger partial charge < -0.3 is 9.64 Å². The molecule has 1 heterocycles. The Kier molecular flexibility index (Phi) is 5.67. The fourth-order valence-electron chi connectivity index (χ4n) is 4.47. The van der Waals surface area contributed by atoms with Gasteiger partial charge in [-0.3, -0.25) is 14.4 Å². The summed E-state index contributed by atoms with van der Waals surface area (Å²) in [6.45, 7) is 5.05. The lowest BCUT2D eigenvalue weighted by Crippen LogP contribution is -2.44. The zero-order chi connectivity index (χ0) is 22.3. The molecule has 2 atom stereocenters. The van der Waals surface area contributed by atoms with Gasteiger partial charge in [0.2, 0.25) is 0 Å². The van der Waals surface area contributed by atoms with E-state index in [1.807, 2.05) is 0 Å². The molecule has 0 radical (unpaired) electrons. The first-order chi connectivity index (χ1) is 14.8. The summed E-state index contributed by atoms with van der Waals surface area (Å²) >= 11 is 6.38. The fraction of sp³-hybridized carbons (Fsp3) is 0.333. The molecule has 4 rings (SSSR count). The second-order valence-electron chi connectivity index (χ2n) is 8.37. The zero-order valence-electron chi connectivity index (χ0n) is 17.3. The number of benzene rings is 2. The lowest BCUT2D eigenvalue weighted by Gasteiger charge is -2.34. The van der Waals surface area contributed by atoms with E-state index >= 15 is 0 Å². The number of piperidine rings is 1. The minimum Gasteiger partial charge on any atom is -0.452 e. The summed E-state index contributed by atoms with van der Waals surface area (Å²) in [5.74, 6) is -1.03. The van der Waals surface area contributed by atoms with Crippen LogP contribution in [-0.4, -0.2) is 48.0 Å². The molecule has 31 heavy (non-hydrogen) atoms. The van der Waals surface area contributed by atoms with Gasteiger partial charge in [0.1, 0.15) is 0 Å². The minimum atomic E-state index is -0.807. The van der Waals surface area contributed by atoms with Crippen LogP contribution in [0.3, 0.4) is 0 Å². The van der Waals surface area contributed by atoms with E-state index in [2.05, 4.69) is 13.8 Å². The summed E-state index contributed by atoms with van der Waals surface area (Å²) in [4.78, 5) is 52.5. The van der Waals surface area contributed by atoms with Gasteiger partial charge in [0.15, 0.2) is 18.2 Å². The number of likely N-dealkylation sites (tertiary alicyclic amines) is 1. The Morgan fingerprint density at radius 3 is 2.23 bits per heavy atom. The van der Waals surface area contributed by atoms with Crippen molar-refractivity contribution in [2.75, 3.05) is 19.7 Å². The molecule has 2 aliphatic rings. The van der Waals surface area contributed by atoms with Crippen LogP contribution in [0.4, 0.5) is 0 Å². The highest BCUT2D eigenvalue weighted by Crippen LogP contribution is 2.34. The van der Waals surface area contributed by atoms with Crippen LogP contribution >= 0.6 is 11.6 Å². The van der Waals surface area contributed by atoms with Crippen LogP contribution in [0.25, 0.3) is 0 Å². The van der Waals surface area contributed by atoms with E-state index in [0.717, 1.165) is 6.42 Å². The maximum absolute atomic E-state index is 12.9. The number of esters is 1. The number of halogens is 1. The van der Waals surface area contributed by atoms with E-state index in [4.69, 9.17) is 16.3 Å². The summed E-state index contributed by atoms with van der Waals surface area (Å²) in [6.07, 6.45) is 1.06. The van der Waals surface area contributed by atoms with Gasteiger partial charge in [-0.25, -0.2) is 4.79 Å². The molecule has 0 bridgehead atoms. The number of carbonyl (C=O) groups is 4. The molecular formula is C24H22ClNO5. The standard InChI is InChI=1S/C24H22ClNO5/c1-13-9-14(2)11-26(10-13)19(27)12-31-24(30)18-8-7-17-20(21(18)25)23(29)16-6-4-3-5-15(16)22(17)28/h3-8,13-14H,9-12H2,1-2H3. The number of ether oxygens (including phenoxy) is 1. The Morgan fingerprint density at radius 1 is 0.968 bits per heavy atom. The average Bonchev–Trinajstić information content (AvgIpc) is 2.74. The molecule has 0 N–H and O–H groups in total. The van der Waals surface area contributed by atoms with Crippen molar-refractivity contribution >= 4 is 35.0 Å². The van der Waals surface area contributed by atoms with E-state index in [1.54, 1.807) is 29.2 Å². The molecule has 1 saturated heterocycles. The molecule has 6 nitrogen and oxygen atoms in total. The smallest absolute Gasteiger partial charge is 0.340 e. The second-order valence-corrected chi connectivity index (χ2v) is 8.75. The predicted octanol–water partition coefficient (Wildman–Crippen LogP) is 3.78. The normalized spacial score (nSPS) is 20.2. The third-order valence-corrected chi connectivity index (χ3v) is 6.19. The number of nitrogens with zero attached hydrogens (tertiary/aromatic N) is 1.